The van der Waals surface area contributed by atoms with E-state index in [0.29, 0.717) is 12.0 Å². The highest BCUT2D eigenvalue weighted by molar-refractivity contribution is 5.96. The molecular weight excluding hydrogens is 324 g/mol. The summed E-state index contributed by atoms with van der Waals surface area (Å²) < 4.78 is 11.1. The largest absolute Gasteiger partial charge is 0.493 e. The van der Waals surface area contributed by atoms with Gasteiger partial charge in [-0.25, -0.2) is 0 Å². The fraction of sp³-hybridized carbons (Fsp3) is 0.591. The topological polar surface area (TPSA) is 43.4 Å². The number of rotatable bonds is 4. The Kier molecular flexibility index (Phi) is 4.68. The van der Waals surface area contributed by atoms with E-state index < -0.39 is 0 Å². The lowest BCUT2D eigenvalue weighted by molar-refractivity contribution is 0.253. The van der Waals surface area contributed by atoms with Crippen molar-refractivity contribution in [3.8, 4) is 11.5 Å². The molecule has 26 heavy (non-hydrogen) atoms. The van der Waals surface area contributed by atoms with Crippen molar-refractivity contribution < 1.29 is 9.47 Å². The van der Waals surface area contributed by atoms with Crippen LogP contribution in [0.2, 0.25) is 0 Å². The Bertz CT molecular complexity index is 818. The maximum Gasteiger partial charge on any atom is 0.162 e. The molecule has 140 valence electrons. The number of fused-ring (bicyclic) bond motifs is 2. The second-order valence-corrected chi connectivity index (χ2v) is 8.01. The van der Waals surface area contributed by atoms with Crippen LogP contribution in [-0.4, -0.2) is 25.2 Å². The van der Waals surface area contributed by atoms with Crippen LogP contribution >= 0.6 is 0 Å². The maximum atomic E-state index is 5.57. The lowest BCUT2D eigenvalue weighted by Gasteiger charge is -2.36. The lowest BCUT2D eigenvalue weighted by atomic mass is 9.78. The summed E-state index contributed by atoms with van der Waals surface area (Å²) in [6.07, 6.45) is 7.29. The second kappa shape index (κ2) is 6.98. The Morgan fingerprint density at radius 3 is 2.54 bits per heavy atom. The van der Waals surface area contributed by atoms with E-state index in [1.165, 1.54) is 42.6 Å². The van der Waals surface area contributed by atoms with Crippen LogP contribution in [0.4, 0.5) is 5.69 Å². The fourth-order valence-corrected chi connectivity index (χ4v) is 4.73. The normalized spacial score (nSPS) is 25.2. The molecule has 1 N–H and O–H groups in total. The van der Waals surface area contributed by atoms with E-state index in [2.05, 4.69) is 25.2 Å². The van der Waals surface area contributed by atoms with Gasteiger partial charge in [0.1, 0.15) is 0 Å². The molecule has 1 heterocycles. The first kappa shape index (κ1) is 17.4. The summed E-state index contributed by atoms with van der Waals surface area (Å²) in [5.41, 5.74) is 4.95. The minimum Gasteiger partial charge on any atom is -0.493 e. The Balaban J connectivity index is 1.83. The number of nitrogens with one attached hydrogen (secondary N) is 1. The summed E-state index contributed by atoms with van der Waals surface area (Å²) in [6, 6.07) is 4.64. The van der Waals surface area contributed by atoms with Crippen molar-refractivity contribution in [2.75, 3.05) is 19.5 Å². The van der Waals surface area contributed by atoms with E-state index in [0.717, 1.165) is 41.2 Å². The molecule has 3 atom stereocenters. The number of benzene rings is 1. The van der Waals surface area contributed by atoms with Crippen LogP contribution in [0.5, 0.6) is 11.5 Å². The highest BCUT2D eigenvalue weighted by Gasteiger charge is 2.29. The number of anilines is 1. The zero-order valence-corrected chi connectivity index (χ0v) is 16.4. The number of hydrogen-bond donors (Lipinski definition) is 1. The molecule has 2 aromatic rings. The van der Waals surface area contributed by atoms with Crippen molar-refractivity contribution in [2.24, 2.45) is 11.8 Å². The quantitative estimate of drug-likeness (QED) is 0.841. The summed E-state index contributed by atoms with van der Waals surface area (Å²) in [5.74, 6) is 2.98. The van der Waals surface area contributed by atoms with E-state index in [1.807, 2.05) is 6.07 Å². The molecule has 1 fully saturated rings. The third-order valence-corrected chi connectivity index (χ3v) is 6.55. The van der Waals surface area contributed by atoms with Crippen LogP contribution in [0.3, 0.4) is 0 Å². The first-order chi connectivity index (χ1) is 12.6. The van der Waals surface area contributed by atoms with Gasteiger partial charge in [-0.1, -0.05) is 26.7 Å². The van der Waals surface area contributed by atoms with Gasteiger partial charge in [0.15, 0.2) is 11.5 Å². The molecule has 0 bridgehead atoms. The molecule has 3 unspecified atom stereocenters. The van der Waals surface area contributed by atoms with Gasteiger partial charge < -0.3 is 14.8 Å². The molecule has 0 amide bonds. The van der Waals surface area contributed by atoms with E-state index in [4.69, 9.17) is 14.5 Å². The van der Waals surface area contributed by atoms with Crippen molar-refractivity contribution in [3.05, 3.63) is 23.4 Å². The van der Waals surface area contributed by atoms with Gasteiger partial charge in [-0.3, -0.25) is 4.98 Å². The Morgan fingerprint density at radius 2 is 1.77 bits per heavy atom. The monoisotopic (exact) mass is 354 g/mol. The zero-order chi connectivity index (χ0) is 18.3. The summed E-state index contributed by atoms with van der Waals surface area (Å²) >= 11 is 0. The summed E-state index contributed by atoms with van der Waals surface area (Å²) in [7, 11) is 3.38. The molecular formula is C22H30N2O2. The first-order valence-corrected chi connectivity index (χ1v) is 9.96. The number of aryl methyl sites for hydroxylation is 1. The molecule has 0 radical (unpaired) electrons. The molecule has 1 saturated carbocycles. The summed E-state index contributed by atoms with van der Waals surface area (Å²) in [4.78, 5) is 4.95. The van der Waals surface area contributed by atoms with Gasteiger partial charge in [0.2, 0.25) is 0 Å². The fourth-order valence-electron chi connectivity index (χ4n) is 4.73. The van der Waals surface area contributed by atoms with Crippen LogP contribution in [0.15, 0.2) is 12.1 Å². The first-order valence-electron chi connectivity index (χ1n) is 9.96. The number of pyridine rings is 1. The number of hydrogen-bond acceptors (Lipinski definition) is 4. The highest BCUT2D eigenvalue weighted by atomic mass is 16.5. The number of aromatic nitrogens is 1. The second-order valence-electron chi connectivity index (χ2n) is 8.01. The molecule has 2 aliphatic rings. The minimum atomic E-state index is 0.530. The lowest BCUT2D eigenvalue weighted by Crippen LogP contribution is -2.35. The number of ether oxygens (including phenoxy) is 2. The van der Waals surface area contributed by atoms with Crippen LogP contribution in [0.25, 0.3) is 10.9 Å². The molecule has 1 aromatic heterocycles. The summed E-state index contributed by atoms with van der Waals surface area (Å²) in [6.45, 7) is 4.79. The smallest absolute Gasteiger partial charge is 0.162 e. The molecule has 1 aromatic carbocycles. The van der Waals surface area contributed by atoms with Crippen molar-refractivity contribution in [3.63, 3.8) is 0 Å². The van der Waals surface area contributed by atoms with Crippen LogP contribution in [-0.2, 0) is 12.8 Å². The maximum absolute atomic E-state index is 5.57. The van der Waals surface area contributed by atoms with Gasteiger partial charge in [0.25, 0.3) is 0 Å². The van der Waals surface area contributed by atoms with Crippen LogP contribution < -0.4 is 14.8 Å². The van der Waals surface area contributed by atoms with Gasteiger partial charge >= 0.3 is 0 Å². The third kappa shape index (κ3) is 2.89. The Hall–Kier alpha value is -1.97. The van der Waals surface area contributed by atoms with Crippen molar-refractivity contribution >= 4 is 16.6 Å². The number of nitrogens with zero attached hydrogens (tertiary/aromatic N) is 1. The van der Waals surface area contributed by atoms with E-state index in [1.54, 1.807) is 14.2 Å². The molecule has 0 aliphatic heterocycles. The molecule has 4 rings (SSSR count). The molecule has 0 saturated heterocycles. The van der Waals surface area contributed by atoms with Gasteiger partial charge in [-0.05, 0) is 49.1 Å². The average molecular weight is 354 g/mol. The van der Waals surface area contributed by atoms with Gasteiger partial charge in [0, 0.05) is 28.9 Å². The average Bonchev–Trinajstić information content (AvgIpc) is 3.12. The highest BCUT2D eigenvalue weighted by Crippen LogP contribution is 2.41. The van der Waals surface area contributed by atoms with E-state index in [-0.39, 0.29) is 0 Å². The Labute approximate surface area is 156 Å². The minimum absolute atomic E-state index is 0.530. The predicted molar refractivity (Wildman–Crippen MR) is 106 cm³/mol. The van der Waals surface area contributed by atoms with Gasteiger partial charge in [0.05, 0.1) is 19.7 Å². The standard InChI is InChI=1S/C22H30N2O2/c1-13-7-5-9-17(14(13)2)24-22-15-8-6-10-18(15)23-19-12-21(26-4)20(25-3)11-16(19)22/h11-14,17H,5-10H2,1-4H3,(H,23,24). The zero-order valence-electron chi connectivity index (χ0n) is 16.4. The predicted octanol–water partition coefficient (Wildman–Crippen LogP) is 4.98. The summed E-state index contributed by atoms with van der Waals surface area (Å²) in [5, 5.41) is 5.12. The van der Waals surface area contributed by atoms with Crippen molar-refractivity contribution in [1.82, 2.24) is 4.98 Å². The van der Waals surface area contributed by atoms with Gasteiger partial charge in [-0.15, -0.1) is 0 Å². The molecule has 0 spiro atoms. The van der Waals surface area contributed by atoms with Crippen molar-refractivity contribution in [2.45, 2.75) is 58.4 Å². The van der Waals surface area contributed by atoms with Crippen LogP contribution in [0.1, 0.15) is 50.8 Å². The van der Waals surface area contributed by atoms with Crippen LogP contribution in [0, 0.1) is 11.8 Å². The van der Waals surface area contributed by atoms with E-state index in [9.17, 15) is 0 Å². The van der Waals surface area contributed by atoms with E-state index >= 15 is 0 Å². The molecule has 4 heteroatoms. The van der Waals surface area contributed by atoms with Gasteiger partial charge in [-0.2, -0.15) is 0 Å². The SMILES string of the molecule is COc1cc2nc3c(c(NC4CCCC(C)C4C)c2cc1OC)CCC3. The molecule has 2 aliphatic carbocycles. The molecule has 4 nitrogen and oxygen atoms in total. The van der Waals surface area contributed by atoms with Crippen molar-refractivity contribution in [1.29, 1.82) is 0 Å². The third-order valence-electron chi connectivity index (χ3n) is 6.55. The number of methoxy groups -OCH3 is 2. The Morgan fingerprint density at radius 1 is 1.00 bits per heavy atom.